The molecular formula is C29H38N4O6. The van der Waals surface area contributed by atoms with Crippen LogP contribution < -0.4 is 16.4 Å². The molecule has 5 N–H and O–H groups in total. The molecule has 0 heterocycles. The summed E-state index contributed by atoms with van der Waals surface area (Å²) in [7, 11) is 0. The Morgan fingerprint density at radius 1 is 1.05 bits per heavy atom. The Labute approximate surface area is 228 Å². The average Bonchev–Trinajstić information content (AvgIpc) is 2.84. The summed E-state index contributed by atoms with van der Waals surface area (Å²) in [5, 5.41) is 15.4. The summed E-state index contributed by atoms with van der Waals surface area (Å²) in [6, 6.07) is 13.1. The molecule has 0 spiro atoms. The minimum atomic E-state index is -1.14. The number of hydrogen-bond acceptors (Lipinski definition) is 6. The third kappa shape index (κ3) is 8.73. The van der Waals surface area contributed by atoms with Gasteiger partial charge in [0.15, 0.2) is 0 Å². The van der Waals surface area contributed by atoms with Gasteiger partial charge in [0.1, 0.15) is 23.4 Å². The predicted octanol–water partition coefficient (Wildman–Crippen LogP) is 3.29. The van der Waals surface area contributed by atoms with E-state index in [9.17, 15) is 24.3 Å². The molecule has 2 atom stereocenters. The Morgan fingerprint density at radius 2 is 1.69 bits per heavy atom. The minimum absolute atomic E-state index is 0.0228. The monoisotopic (exact) mass is 538 g/mol. The molecule has 0 bridgehead atoms. The van der Waals surface area contributed by atoms with Crippen molar-refractivity contribution in [2.24, 2.45) is 5.73 Å². The number of nitrogens with two attached hydrogens (primary N) is 1. The van der Waals surface area contributed by atoms with Crippen molar-refractivity contribution >= 4 is 23.8 Å². The highest BCUT2D eigenvalue weighted by Gasteiger charge is 2.42. The van der Waals surface area contributed by atoms with E-state index < -0.39 is 41.5 Å². The van der Waals surface area contributed by atoms with Crippen LogP contribution in [0.25, 0.3) is 0 Å². The van der Waals surface area contributed by atoms with Gasteiger partial charge in [-0.05, 0) is 69.7 Å². The second kappa shape index (κ2) is 13.1. The highest BCUT2D eigenvalue weighted by atomic mass is 16.6. The Balaban J connectivity index is 1.96. The molecule has 10 heteroatoms. The fourth-order valence-electron chi connectivity index (χ4n) is 4.33. The van der Waals surface area contributed by atoms with E-state index in [1.54, 1.807) is 32.9 Å². The largest absolute Gasteiger partial charge is 0.508 e. The van der Waals surface area contributed by atoms with E-state index >= 15 is 0 Å². The number of alkyl carbamates (subject to hydrolysis) is 1. The van der Waals surface area contributed by atoms with E-state index in [0.29, 0.717) is 18.4 Å². The molecule has 10 nitrogen and oxygen atoms in total. The van der Waals surface area contributed by atoms with Crippen molar-refractivity contribution in [3.63, 3.8) is 0 Å². The molecule has 3 rings (SSSR count). The second-order valence-electron chi connectivity index (χ2n) is 10.7. The van der Waals surface area contributed by atoms with Crippen LogP contribution in [-0.4, -0.2) is 51.5 Å². The maximum atomic E-state index is 14.1. The van der Waals surface area contributed by atoms with Crippen molar-refractivity contribution in [2.45, 2.75) is 83.1 Å². The SMILES string of the molecule is CC(C)(C)OC(=O)NC(CCC(N)=O)C(=O)N(C1CCC1)C(C(=O)NCc1ccccc1)c1ccc(O)cc1. The third-order valence-electron chi connectivity index (χ3n) is 6.44. The fourth-order valence-corrected chi connectivity index (χ4v) is 4.33. The molecule has 210 valence electrons. The molecule has 0 aromatic heterocycles. The molecule has 0 aliphatic heterocycles. The van der Waals surface area contributed by atoms with Crippen molar-refractivity contribution in [2.75, 3.05) is 0 Å². The van der Waals surface area contributed by atoms with Gasteiger partial charge < -0.3 is 31.1 Å². The first-order valence-electron chi connectivity index (χ1n) is 13.1. The molecule has 0 radical (unpaired) electrons. The zero-order valence-electron chi connectivity index (χ0n) is 22.7. The molecule has 2 aromatic carbocycles. The number of phenolic OH excluding ortho intramolecular Hbond substituents is 1. The minimum Gasteiger partial charge on any atom is -0.508 e. The number of nitrogens with one attached hydrogen (secondary N) is 2. The molecule has 2 unspecified atom stereocenters. The Hall–Kier alpha value is -4.08. The van der Waals surface area contributed by atoms with Crippen molar-refractivity contribution < 1.29 is 29.0 Å². The van der Waals surface area contributed by atoms with Crippen molar-refractivity contribution in [1.29, 1.82) is 0 Å². The number of primary amides is 1. The molecule has 4 amide bonds. The highest BCUT2D eigenvalue weighted by molar-refractivity contribution is 5.92. The number of nitrogens with zero attached hydrogens (tertiary/aromatic N) is 1. The summed E-state index contributed by atoms with van der Waals surface area (Å²) in [5.74, 6) is -1.52. The van der Waals surface area contributed by atoms with Crippen LogP contribution in [0.2, 0.25) is 0 Å². The molecule has 1 aliphatic rings. The van der Waals surface area contributed by atoms with E-state index in [1.807, 2.05) is 30.3 Å². The van der Waals surface area contributed by atoms with Gasteiger partial charge in [-0.25, -0.2) is 4.79 Å². The van der Waals surface area contributed by atoms with Crippen LogP contribution in [0.15, 0.2) is 54.6 Å². The van der Waals surface area contributed by atoms with Gasteiger partial charge in [0.2, 0.25) is 17.7 Å². The lowest BCUT2D eigenvalue weighted by atomic mass is 9.87. The number of carbonyl (C=O) groups is 4. The van der Waals surface area contributed by atoms with Crippen LogP contribution in [-0.2, 0) is 25.7 Å². The highest BCUT2D eigenvalue weighted by Crippen LogP contribution is 2.34. The lowest BCUT2D eigenvalue weighted by molar-refractivity contribution is -0.147. The number of hydrogen-bond donors (Lipinski definition) is 4. The van der Waals surface area contributed by atoms with Gasteiger partial charge in [0.25, 0.3) is 0 Å². The molecule has 1 aliphatic carbocycles. The third-order valence-corrected chi connectivity index (χ3v) is 6.44. The molecule has 1 fully saturated rings. The van der Waals surface area contributed by atoms with Crippen molar-refractivity contribution in [3.05, 3.63) is 65.7 Å². The first-order valence-corrected chi connectivity index (χ1v) is 13.1. The number of phenols is 1. The molecule has 2 aromatic rings. The standard InChI is InChI=1S/C29H38N4O6/c1-29(2,3)39-28(38)32-23(16-17-24(30)35)27(37)33(21-10-7-11-21)25(20-12-14-22(34)15-13-20)26(36)31-18-19-8-5-4-6-9-19/h4-6,8-9,12-15,21,23,25,34H,7,10-11,16-18H2,1-3H3,(H2,30,35)(H,31,36)(H,32,38). The maximum absolute atomic E-state index is 14.1. The van der Waals surface area contributed by atoms with Gasteiger partial charge >= 0.3 is 6.09 Å². The summed E-state index contributed by atoms with van der Waals surface area (Å²) >= 11 is 0. The summed E-state index contributed by atoms with van der Waals surface area (Å²) in [6.07, 6.45) is 1.24. The van der Waals surface area contributed by atoms with E-state index in [4.69, 9.17) is 10.5 Å². The van der Waals surface area contributed by atoms with E-state index in [-0.39, 0.29) is 31.2 Å². The normalized spacial score (nSPS) is 14.8. The van der Waals surface area contributed by atoms with Gasteiger partial charge in [-0.2, -0.15) is 0 Å². The Bertz CT molecular complexity index is 1140. The Kier molecular flexibility index (Phi) is 9.92. The first-order chi connectivity index (χ1) is 18.4. The van der Waals surface area contributed by atoms with Crippen molar-refractivity contribution in [3.8, 4) is 5.75 Å². The van der Waals surface area contributed by atoms with Crippen LogP contribution in [0.4, 0.5) is 4.79 Å². The summed E-state index contributed by atoms with van der Waals surface area (Å²) in [4.78, 5) is 53.6. The lowest BCUT2D eigenvalue weighted by Gasteiger charge is -2.43. The topological polar surface area (TPSA) is 151 Å². The van der Waals surface area contributed by atoms with Gasteiger partial charge in [0, 0.05) is 19.0 Å². The molecule has 39 heavy (non-hydrogen) atoms. The first kappa shape index (κ1) is 29.5. The lowest BCUT2D eigenvalue weighted by Crippen LogP contribution is -2.57. The van der Waals surface area contributed by atoms with Gasteiger partial charge in [-0.15, -0.1) is 0 Å². The smallest absolute Gasteiger partial charge is 0.408 e. The molecular weight excluding hydrogens is 500 g/mol. The Morgan fingerprint density at radius 3 is 2.23 bits per heavy atom. The van der Waals surface area contributed by atoms with Gasteiger partial charge in [-0.3, -0.25) is 14.4 Å². The van der Waals surface area contributed by atoms with Crippen LogP contribution in [0.1, 0.15) is 70.0 Å². The van der Waals surface area contributed by atoms with E-state index in [0.717, 1.165) is 12.0 Å². The molecule has 0 saturated heterocycles. The zero-order chi connectivity index (χ0) is 28.6. The van der Waals surface area contributed by atoms with E-state index in [2.05, 4.69) is 10.6 Å². The number of amides is 4. The van der Waals surface area contributed by atoms with Gasteiger partial charge in [0.05, 0.1) is 0 Å². The second-order valence-corrected chi connectivity index (χ2v) is 10.7. The number of rotatable bonds is 11. The van der Waals surface area contributed by atoms with Crippen LogP contribution >= 0.6 is 0 Å². The van der Waals surface area contributed by atoms with E-state index in [1.165, 1.54) is 17.0 Å². The molecule has 1 saturated carbocycles. The summed E-state index contributed by atoms with van der Waals surface area (Å²) in [5.41, 5.74) is 5.95. The quantitative estimate of drug-likeness (QED) is 0.345. The van der Waals surface area contributed by atoms with Gasteiger partial charge in [-0.1, -0.05) is 42.5 Å². The summed E-state index contributed by atoms with van der Waals surface area (Å²) < 4.78 is 5.35. The van der Waals surface area contributed by atoms with Crippen molar-refractivity contribution in [1.82, 2.24) is 15.5 Å². The number of ether oxygens (including phenoxy) is 1. The number of benzene rings is 2. The maximum Gasteiger partial charge on any atom is 0.408 e. The number of carbonyl (C=O) groups excluding carboxylic acids is 4. The summed E-state index contributed by atoms with van der Waals surface area (Å²) in [6.45, 7) is 5.35. The average molecular weight is 539 g/mol. The predicted molar refractivity (Wildman–Crippen MR) is 145 cm³/mol. The van der Waals surface area contributed by atoms with Crippen LogP contribution in [0.5, 0.6) is 5.75 Å². The van der Waals surface area contributed by atoms with Crippen LogP contribution in [0.3, 0.4) is 0 Å². The number of aromatic hydroxyl groups is 1. The zero-order valence-corrected chi connectivity index (χ0v) is 22.7. The fraction of sp³-hybridized carbons (Fsp3) is 0.448. The van der Waals surface area contributed by atoms with Crippen LogP contribution in [0, 0.1) is 0 Å².